The topological polar surface area (TPSA) is 97.7 Å². The first kappa shape index (κ1) is 26.0. The molecule has 0 aliphatic rings. The van der Waals surface area contributed by atoms with Crippen LogP contribution in [0.2, 0.25) is 0 Å². The highest BCUT2D eigenvalue weighted by molar-refractivity contribution is 5.96. The number of rotatable bonds is 7. The number of nitrogens with one attached hydrogen (secondary N) is 2. The number of carbonyl (C=O) groups is 2. The maximum atomic E-state index is 12.9. The predicted octanol–water partition coefficient (Wildman–Crippen LogP) is 4.45. The Morgan fingerprint density at radius 3 is 2.00 bits per heavy atom. The van der Waals surface area contributed by atoms with Crippen molar-refractivity contribution in [2.75, 3.05) is 37.9 Å². The fraction of sp³-hybridized carbons (Fsp3) is 0.542. The molecular weight excluding hydrogens is 422 g/mol. The van der Waals surface area contributed by atoms with Crippen molar-refractivity contribution >= 4 is 23.4 Å². The summed E-state index contributed by atoms with van der Waals surface area (Å²) in [5.74, 6) is 1.40. The first-order chi connectivity index (χ1) is 15.3. The summed E-state index contributed by atoms with van der Waals surface area (Å²) in [7, 11) is 3.08. The third kappa shape index (κ3) is 6.87. The molecule has 3 amide bonds. The van der Waals surface area contributed by atoms with Crippen LogP contribution in [0.4, 0.5) is 16.3 Å². The monoisotopic (exact) mass is 459 g/mol. The number of carbonyl (C=O) groups excluding carboxylic acids is 2. The second kappa shape index (κ2) is 10.1. The van der Waals surface area contributed by atoms with E-state index in [4.69, 9.17) is 14.6 Å². The zero-order valence-electron chi connectivity index (χ0n) is 21.2. The molecule has 2 N–H and O–H groups in total. The van der Waals surface area contributed by atoms with Crippen molar-refractivity contribution < 1.29 is 19.1 Å². The summed E-state index contributed by atoms with van der Waals surface area (Å²) in [5, 5.41) is 10.4. The molecule has 1 aromatic carbocycles. The number of likely N-dealkylation sites (N-methyl/N-ethyl adjacent to an activating group) is 1. The molecule has 9 nitrogen and oxygen atoms in total. The Labute approximate surface area is 196 Å². The minimum Gasteiger partial charge on any atom is -0.497 e. The average Bonchev–Trinajstić information content (AvgIpc) is 3.16. The van der Waals surface area contributed by atoms with E-state index >= 15 is 0 Å². The fourth-order valence-corrected chi connectivity index (χ4v) is 3.11. The van der Waals surface area contributed by atoms with Crippen LogP contribution in [0, 0.1) is 0 Å². The maximum absolute atomic E-state index is 12.9. The van der Waals surface area contributed by atoms with Crippen LogP contribution in [-0.4, -0.2) is 53.9 Å². The fourth-order valence-electron chi connectivity index (χ4n) is 3.11. The Balaban J connectivity index is 2.16. The van der Waals surface area contributed by atoms with Crippen molar-refractivity contribution in [1.29, 1.82) is 0 Å². The molecular formula is C24H37N5O4. The Morgan fingerprint density at radius 2 is 1.55 bits per heavy atom. The van der Waals surface area contributed by atoms with Crippen LogP contribution < -0.4 is 20.1 Å². The molecule has 0 saturated carbocycles. The average molecular weight is 460 g/mol. The summed E-state index contributed by atoms with van der Waals surface area (Å²) in [6, 6.07) is 6.57. The molecule has 0 spiro atoms. The van der Waals surface area contributed by atoms with E-state index in [1.54, 1.807) is 18.2 Å². The van der Waals surface area contributed by atoms with Crippen molar-refractivity contribution in [3.05, 3.63) is 30.0 Å². The van der Waals surface area contributed by atoms with Gasteiger partial charge in [-0.05, 0) is 27.7 Å². The zero-order valence-corrected chi connectivity index (χ0v) is 21.2. The number of hydrogen-bond acceptors (Lipinski definition) is 5. The van der Waals surface area contributed by atoms with Crippen molar-refractivity contribution in [2.45, 2.75) is 59.4 Å². The SMILES string of the molecule is CCN(CC(=O)Nc1cc(C(C)(C)C)nn1C(C)(C)C)C(=O)Nc1cc(OC)cc(OC)c1. The van der Waals surface area contributed by atoms with E-state index in [1.165, 1.54) is 19.1 Å². The summed E-state index contributed by atoms with van der Waals surface area (Å²) in [4.78, 5) is 27.1. The Bertz CT molecular complexity index is 963. The predicted molar refractivity (Wildman–Crippen MR) is 130 cm³/mol. The van der Waals surface area contributed by atoms with Gasteiger partial charge in [-0.3, -0.25) is 4.79 Å². The van der Waals surface area contributed by atoms with Gasteiger partial charge < -0.3 is 25.0 Å². The molecule has 9 heteroatoms. The van der Waals surface area contributed by atoms with E-state index in [2.05, 4.69) is 31.4 Å². The smallest absolute Gasteiger partial charge is 0.322 e. The van der Waals surface area contributed by atoms with Crippen LogP contribution in [0.1, 0.15) is 54.2 Å². The highest BCUT2D eigenvalue weighted by Gasteiger charge is 2.26. The largest absolute Gasteiger partial charge is 0.497 e. The number of ether oxygens (including phenoxy) is 2. The third-order valence-electron chi connectivity index (χ3n) is 4.99. The molecule has 0 atom stereocenters. The minimum atomic E-state index is -0.400. The second-order valence-electron chi connectivity index (χ2n) is 9.84. The molecule has 0 saturated heterocycles. The first-order valence-corrected chi connectivity index (χ1v) is 11.0. The summed E-state index contributed by atoms with van der Waals surface area (Å²) >= 11 is 0. The van der Waals surface area contributed by atoms with Gasteiger partial charge in [0.15, 0.2) is 0 Å². The van der Waals surface area contributed by atoms with E-state index in [0.29, 0.717) is 29.5 Å². The molecule has 1 heterocycles. The molecule has 0 aliphatic carbocycles. The normalized spacial score (nSPS) is 11.7. The van der Waals surface area contributed by atoms with Crippen LogP contribution in [0.5, 0.6) is 11.5 Å². The summed E-state index contributed by atoms with van der Waals surface area (Å²) in [6.07, 6.45) is 0. The van der Waals surface area contributed by atoms with Gasteiger partial charge in [-0.15, -0.1) is 0 Å². The van der Waals surface area contributed by atoms with Gasteiger partial charge in [0.25, 0.3) is 0 Å². The number of aromatic nitrogens is 2. The Hall–Kier alpha value is -3.23. The second-order valence-corrected chi connectivity index (χ2v) is 9.84. The van der Waals surface area contributed by atoms with E-state index in [1.807, 2.05) is 38.4 Å². The van der Waals surface area contributed by atoms with Gasteiger partial charge in [0.1, 0.15) is 23.9 Å². The lowest BCUT2D eigenvalue weighted by molar-refractivity contribution is -0.116. The van der Waals surface area contributed by atoms with E-state index in [9.17, 15) is 9.59 Å². The number of methoxy groups -OCH3 is 2. The highest BCUT2D eigenvalue weighted by Crippen LogP contribution is 2.28. The number of anilines is 2. The molecule has 2 rings (SSSR count). The lowest BCUT2D eigenvalue weighted by atomic mass is 9.92. The van der Waals surface area contributed by atoms with E-state index in [-0.39, 0.29) is 23.4 Å². The van der Waals surface area contributed by atoms with Gasteiger partial charge in [-0.1, -0.05) is 20.8 Å². The van der Waals surface area contributed by atoms with Crippen LogP contribution >= 0.6 is 0 Å². The minimum absolute atomic E-state index is 0.108. The first-order valence-electron chi connectivity index (χ1n) is 11.0. The molecule has 0 radical (unpaired) electrons. The van der Waals surface area contributed by atoms with E-state index < -0.39 is 6.03 Å². The number of benzene rings is 1. The maximum Gasteiger partial charge on any atom is 0.322 e. The quantitative estimate of drug-likeness (QED) is 0.638. The zero-order chi connectivity index (χ0) is 25.0. The Kier molecular flexibility index (Phi) is 8.00. The standard InChI is InChI=1S/C24H37N5O4/c1-10-28(22(31)25-16-11-17(32-8)13-18(12-16)33-9)15-21(30)26-20-14-19(23(2,3)4)27-29(20)24(5,6)7/h11-14H,10,15H2,1-9H3,(H,25,31)(H,26,30). The van der Waals surface area contributed by atoms with Crippen LogP contribution in [0.3, 0.4) is 0 Å². The summed E-state index contributed by atoms with van der Waals surface area (Å²) in [5.41, 5.74) is 0.906. The Morgan fingerprint density at radius 1 is 0.970 bits per heavy atom. The summed E-state index contributed by atoms with van der Waals surface area (Å²) in [6.45, 7) is 14.4. The lowest BCUT2D eigenvalue weighted by Gasteiger charge is -2.24. The molecule has 0 bridgehead atoms. The number of amides is 3. The van der Waals surface area contributed by atoms with Crippen molar-refractivity contribution in [3.8, 4) is 11.5 Å². The van der Waals surface area contributed by atoms with Crippen LogP contribution in [-0.2, 0) is 15.7 Å². The molecule has 33 heavy (non-hydrogen) atoms. The van der Waals surface area contributed by atoms with Crippen molar-refractivity contribution in [2.24, 2.45) is 0 Å². The van der Waals surface area contributed by atoms with Gasteiger partial charge in [-0.2, -0.15) is 5.10 Å². The van der Waals surface area contributed by atoms with Gasteiger partial charge in [0, 0.05) is 41.9 Å². The molecule has 2 aromatic rings. The van der Waals surface area contributed by atoms with Crippen LogP contribution in [0.25, 0.3) is 0 Å². The van der Waals surface area contributed by atoms with Gasteiger partial charge in [-0.25, -0.2) is 9.48 Å². The highest BCUT2D eigenvalue weighted by atomic mass is 16.5. The third-order valence-corrected chi connectivity index (χ3v) is 4.99. The summed E-state index contributed by atoms with van der Waals surface area (Å²) < 4.78 is 12.3. The van der Waals surface area contributed by atoms with Gasteiger partial charge in [0.2, 0.25) is 5.91 Å². The number of nitrogens with zero attached hydrogens (tertiary/aromatic N) is 3. The molecule has 0 fully saturated rings. The van der Waals surface area contributed by atoms with Crippen molar-refractivity contribution in [1.82, 2.24) is 14.7 Å². The molecule has 0 unspecified atom stereocenters. The van der Waals surface area contributed by atoms with Crippen LogP contribution in [0.15, 0.2) is 24.3 Å². The number of urea groups is 1. The molecule has 1 aromatic heterocycles. The van der Waals surface area contributed by atoms with Gasteiger partial charge in [0.05, 0.1) is 25.5 Å². The van der Waals surface area contributed by atoms with E-state index in [0.717, 1.165) is 5.69 Å². The van der Waals surface area contributed by atoms with Gasteiger partial charge >= 0.3 is 6.03 Å². The molecule has 0 aliphatic heterocycles. The number of hydrogen-bond donors (Lipinski definition) is 2. The van der Waals surface area contributed by atoms with Crippen molar-refractivity contribution in [3.63, 3.8) is 0 Å². The lowest BCUT2D eigenvalue weighted by Crippen LogP contribution is -2.41. The molecule has 182 valence electrons.